The summed E-state index contributed by atoms with van der Waals surface area (Å²) in [6, 6.07) is 0. The van der Waals surface area contributed by atoms with Gasteiger partial charge >= 0.3 is 0 Å². The number of rotatable bonds is 1. The molecule has 0 spiro atoms. The van der Waals surface area contributed by atoms with E-state index >= 15 is 0 Å². The van der Waals surface area contributed by atoms with Crippen molar-refractivity contribution in [3.8, 4) is 0 Å². The molecule has 4 rings (SSSR count). The average Bonchev–Trinajstić information content (AvgIpc) is 2.52. The van der Waals surface area contributed by atoms with Gasteiger partial charge in [-0.3, -0.25) is 19.3 Å². The first-order valence-electron chi connectivity index (χ1n) is 7.05. The van der Waals surface area contributed by atoms with Gasteiger partial charge in [0, 0.05) is 13.5 Å². The molecule has 20 heavy (non-hydrogen) atoms. The number of Topliss-reactive ketones (excluding diaryl/α,β-unsaturated/α-hetero) is 1. The van der Waals surface area contributed by atoms with Crippen molar-refractivity contribution in [2.45, 2.75) is 25.9 Å². The first kappa shape index (κ1) is 13.5. The quantitative estimate of drug-likeness (QED) is 0.555. The van der Waals surface area contributed by atoms with E-state index in [9.17, 15) is 19.5 Å². The van der Waals surface area contributed by atoms with E-state index in [1.807, 2.05) is 13.8 Å². The number of likely N-dealkylation sites (tertiary alicyclic amines) is 1. The Kier molecular flexibility index (Phi) is 2.70. The second-order valence-electron chi connectivity index (χ2n) is 6.54. The van der Waals surface area contributed by atoms with Crippen molar-refractivity contribution in [2.75, 3.05) is 7.05 Å². The number of carbonyl (C=O) groups is 3. The summed E-state index contributed by atoms with van der Waals surface area (Å²) in [6.45, 7) is 4.02. The number of fused-ring (bicyclic) bond motifs is 2. The van der Waals surface area contributed by atoms with Crippen LogP contribution in [0.4, 0.5) is 0 Å². The summed E-state index contributed by atoms with van der Waals surface area (Å²) < 4.78 is 0. The highest BCUT2D eigenvalue weighted by Gasteiger charge is 2.64. The predicted molar refractivity (Wildman–Crippen MR) is 70.3 cm³/mol. The molecular weight excluding hydrogens is 258 g/mol. The van der Waals surface area contributed by atoms with Crippen LogP contribution in [0.3, 0.4) is 0 Å². The molecule has 5 atom stereocenters. The van der Waals surface area contributed by atoms with E-state index in [0.717, 1.165) is 4.90 Å². The first-order valence-corrected chi connectivity index (χ1v) is 7.05. The van der Waals surface area contributed by atoms with Crippen molar-refractivity contribution >= 4 is 17.6 Å². The average molecular weight is 277 g/mol. The van der Waals surface area contributed by atoms with Crippen LogP contribution in [0, 0.1) is 29.6 Å². The molecule has 2 fully saturated rings. The van der Waals surface area contributed by atoms with Crippen LogP contribution >= 0.6 is 0 Å². The third-order valence-electron chi connectivity index (χ3n) is 5.25. The Labute approximate surface area is 117 Å². The van der Waals surface area contributed by atoms with E-state index in [1.165, 1.54) is 13.1 Å². The van der Waals surface area contributed by atoms with Crippen molar-refractivity contribution in [1.82, 2.24) is 4.90 Å². The van der Waals surface area contributed by atoms with Gasteiger partial charge in [-0.15, -0.1) is 0 Å². The van der Waals surface area contributed by atoms with Gasteiger partial charge in [-0.05, 0) is 23.8 Å². The van der Waals surface area contributed by atoms with Crippen LogP contribution in [0.5, 0.6) is 0 Å². The summed E-state index contributed by atoms with van der Waals surface area (Å²) in [7, 11) is 1.43. The SMILES string of the molecule is CC(C)C1CC(=O)[C@@]2(O)C=C[C@@H]1[C@H]1C(=O)N(C)C(=O)[C@H]12. The summed E-state index contributed by atoms with van der Waals surface area (Å²) in [5.74, 6) is -2.52. The van der Waals surface area contributed by atoms with Crippen LogP contribution in [0.25, 0.3) is 0 Å². The number of allylic oxidation sites excluding steroid dienone is 1. The van der Waals surface area contributed by atoms with Gasteiger partial charge in [-0.1, -0.05) is 19.9 Å². The number of hydrogen-bond acceptors (Lipinski definition) is 4. The monoisotopic (exact) mass is 277 g/mol. The second-order valence-corrected chi connectivity index (χ2v) is 6.54. The summed E-state index contributed by atoms with van der Waals surface area (Å²) in [4.78, 5) is 38.1. The smallest absolute Gasteiger partial charge is 0.236 e. The van der Waals surface area contributed by atoms with Gasteiger partial charge < -0.3 is 5.11 Å². The number of ketones is 1. The van der Waals surface area contributed by atoms with Crippen molar-refractivity contribution < 1.29 is 19.5 Å². The molecular formula is C15H19NO4. The molecule has 1 heterocycles. The highest BCUT2D eigenvalue weighted by molar-refractivity contribution is 6.10. The Balaban J connectivity index is 2.17. The Morgan fingerprint density at radius 3 is 2.55 bits per heavy atom. The largest absolute Gasteiger partial charge is 0.377 e. The second kappa shape index (κ2) is 4.01. The van der Waals surface area contributed by atoms with Gasteiger partial charge in [0.2, 0.25) is 11.8 Å². The summed E-state index contributed by atoms with van der Waals surface area (Å²) in [5, 5.41) is 10.7. The molecule has 1 saturated heterocycles. The maximum absolute atomic E-state index is 12.4. The van der Waals surface area contributed by atoms with Crippen LogP contribution in [0.1, 0.15) is 20.3 Å². The maximum atomic E-state index is 12.4. The van der Waals surface area contributed by atoms with Gasteiger partial charge in [0.05, 0.1) is 11.8 Å². The first-order chi connectivity index (χ1) is 9.29. The summed E-state index contributed by atoms with van der Waals surface area (Å²) in [6.07, 6.45) is 3.46. The van der Waals surface area contributed by atoms with Crippen LogP contribution in [0.15, 0.2) is 12.2 Å². The molecule has 1 unspecified atom stereocenters. The molecule has 3 aliphatic carbocycles. The molecule has 5 nitrogen and oxygen atoms in total. The Hall–Kier alpha value is -1.49. The molecule has 0 aromatic carbocycles. The number of carbonyl (C=O) groups excluding carboxylic acids is 3. The lowest BCUT2D eigenvalue weighted by atomic mass is 9.67. The fourth-order valence-corrected chi connectivity index (χ4v) is 4.04. The van der Waals surface area contributed by atoms with Crippen molar-refractivity contribution in [3.63, 3.8) is 0 Å². The van der Waals surface area contributed by atoms with Crippen LogP contribution in [0.2, 0.25) is 0 Å². The number of imide groups is 1. The van der Waals surface area contributed by atoms with Crippen LogP contribution in [-0.4, -0.2) is 40.3 Å². The van der Waals surface area contributed by atoms with Crippen molar-refractivity contribution in [1.29, 1.82) is 0 Å². The zero-order chi connectivity index (χ0) is 14.8. The van der Waals surface area contributed by atoms with Gasteiger partial charge in [-0.2, -0.15) is 0 Å². The Bertz CT molecular complexity index is 538. The lowest BCUT2D eigenvalue weighted by Crippen LogP contribution is -2.50. The van der Waals surface area contributed by atoms with Crippen LogP contribution in [-0.2, 0) is 14.4 Å². The molecule has 4 aliphatic rings. The summed E-state index contributed by atoms with van der Waals surface area (Å²) in [5.41, 5.74) is -1.80. The fraction of sp³-hybridized carbons (Fsp3) is 0.667. The van der Waals surface area contributed by atoms with E-state index in [4.69, 9.17) is 0 Å². The van der Waals surface area contributed by atoms with Gasteiger partial charge in [0.25, 0.3) is 0 Å². The molecule has 2 amide bonds. The number of amides is 2. The van der Waals surface area contributed by atoms with E-state index in [0.29, 0.717) is 0 Å². The minimum Gasteiger partial charge on any atom is -0.377 e. The fourth-order valence-electron chi connectivity index (χ4n) is 4.04. The maximum Gasteiger partial charge on any atom is 0.236 e. The Morgan fingerprint density at radius 2 is 1.95 bits per heavy atom. The molecule has 0 aromatic rings. The highest BCUT2D eigenvalue weighted by atomic mass is 16.3. The van der Waals surface area contributed by atoms with Gasteiger partial charge in [0.1, 0.15) is 0 Å². The predicted octanol–water partition coefficient (Wildman–Crippen LogP) is 0.379. The van der Waals surface area contributed by atoms with E-state index < -0.39 is 23.3 Å². The van der Waals surface area contributed by atoms with Crippen molar-refractivity contribution in [2.24, 2.45) is 29.6 Å². The lowest BCUT2D eigenvalue weighted by molar-refractivity contribution is -0.147. The molecule has 5 heteroatoms. The van der Waals surface area contributed by atoms with Crippen molar-refractivity contribution in [3.05, 3.63) is 12.2 Å². The van der Waals surface area contributed by atoms with E-state index in [1.54, 1.807) is 6.08 Å². The number of hydrogen-bond donors (Lipinski definition) is 1. The molecule has 0 aromatic heterocycles. The molecule has 0 radical (unpaired) electrons. The molecule has 1 saturated carbocycles. The number of nitrogens with zero attached hydrogens (tertiary/aromatic N) is 1. The topological polar surface area (TPSA) is 74.7 Å². The van der Waals surface area contributed by atoms with E-state index in [2.05, 4.69) is 0 Å². The highest BCUT2D eigenvalue weighted by Crippen LogP contribution is 2.51. The Morgan fingerprint density at radius 1 is 1.30 bits per heavy atom. The lowest BCUT2D eigenvalue weighted by Gasteiger charge is -2.35. The third kappa shape index (κ3) is 1.44. The normalized spacial score (nSPS) is 43.5. The molecule has 108 valence electrons. The zero-order valence-electron chi connectivity index (χ0n) is 11.9. The standard InChI is InChI=1S/C15H19NO4/c1-7(2)9-6-10(17)15(20)5-4-8(9)11-12(15)14(19)16(3)13(11)18/h4-5,7-9,11-12,20H,6H2,1-3H3/t8-,9?,11+,12-,15-/m0/s1. The molecule has 2 bridgehead atoms. The zero-order valence-corrected chi connectivity index (χ0v) is 11.9. The third-order valence-corrected chi connectivity index (χ3v) is 5.25. The van der Waals surface area contributed by atoms with Crippen LogP contribution < -0.4 is 0 Å². The molecule has 1 N–H and O–H groups in total. The summed E-state index contributed by atoms with van der Waals surface area (Å²) >= 11 is 0. The molecule has 1 aliphatic heterocycles. The number of aliphatic hydroxyl groups is 1. The van der Waals surface area contributed by atoms with Gasteiger partial charge in [-0.25, -0.2) is 0 Å². The minimum absolute atomic E-state index is 0.00831. The van der Waals surface area contributed by atoms with Gasteiger partial charge in [0.15, 0.2) is 11.4 Å². The van der Waals surface area contributed by atoms with E-state index in [-0.39, 0.29) is 35.9 Å². The minimum atomic E-state index is -1.80.